The Labute approximate surface area is 314 Å². The summed E-state index contributed by atoms with van der Waals surface area (Å²) in [5.41, 5.74) is -2.03. The summed E-state index contributed by atoms with van der Waals surface area (Å²) in [5.74, 6) is -4.72. The van der Waals surface area contributed by atoms with E-state index >= 15 is 0 Å². The molecule has 55 heavy (non-hydrogen) atoms. The average molecular weight is 751 g/mol. The van der Waals surface area contributed by atoms with Crippen molar-refractivity contribution in [3.05, 3.63) is 113 Å². The third kappa shape index (κ3) is 7.99. The molecule has 0 unspecified atom stereocenters. The first-order valence-corrected chi connectivity index (χ1v) is 17.3. The second-order valence-electron chi connectivity index (χ2n) is 13.2. The zero-order valence-electron chi connectivity index (χ0n) is 30.5. The van der Waals surface area contributed by atoms with Gasteiger partial charge in [-0.2, -0.15) is 4.98 Å². The molecule has 0 spiro atoms. The van der Waals surface area contributed by atoms with Crippen LogP contribution in [0.5, 0.6) is 0 Å². The smallest absolute Gasteiger partial charge is 0.338 e. The predicted molar refractivity (Wildman–Crippen MR) is 197 cm³/mol. The molecule has 1 aliphatic rings. The number of hydrogen-bond donors (Lipinski definition) is 2. The van der Waals surface area contributed by atoms with Crippen molar-refractivity contribution in [3.63, 3.8) is 0 Å². The van der Waals surface area contributed by atoms with Crippen molar-refractivity contribution < 1.29 is 42.9 Å². The molecular weight excluding hydrogens is 712 g/mol. The number of rotatable bonds is 11. The Morgan fingerprint density at radius 2 is 1.44 bits per heavy atom. The molecule has 16 nitrogen and oxygen atoms in total. The minimum absolute atomic E-state index is 0.232. The van der Waals surface area contributed by atoms with Crippen molar-refractivity contribution in [2.24, 2.45) is 5.92 Å². The van der Waals surface area contributed by atoms with Gasteiger partial charge in [0.25, 0.3) is 11.5 Å². The molecule has 6 rings (SSSR count). The van der Waals surface area contributed by atoms with Gasteiger partial charge in [-0.15, -0.1) is 0 Å². The van der Waals surface area contributed by atoms with Gasteiger partial charge in [-0.3, -0.25) is 43.7 Å². The molecule has 284 valence electrons. The fourth-order valence-corrected chi connectivity index (χ4v) is 6.11. The van der Waals surface area contributed by atoms with Crippen molar-refractivity contribution in [2.75, 3.05) is 16.8 Å². The van der Waals surface area contributed by atoms with Gasteiger partial charge in [-0.05, 0) is 43.3 Å². The Morgan fingerprint density at radius 3 is 1.98 bits per heavy atom. The summed E-state index contributed by atoms with van der Waals surface area (Å²) in [7, 11) is 0. The van der Waals surface area contributed by atoms with Crippen LogP contribution in [-0.4, -0.2) is 73.7 Å². The first-order valence-electron chi connectivity index (χ1n) is 17.3. The minimum atomic E-state index is -1.73. The van der Waals surface area contributed by atoms with E-state index in [0.717, 1.165) is 18.4 Å². The standard InChI is InChI=1S/C39H38N6O10/c1-22(2)33(48)42-38-41-31-28(34(49)43-38)40-32(35(50)44(26-17-11-7-12-18-26)27-19-13-8-14-20-27)45(31)36-29(53-23(3)46)30(54-24(4)47)39(5,55-36)21-52-37(51)25-15-9-6-10-16-25/h6-20,22,29-30,36H,21H2,1-5H3,(H2,41,42,43,48,49)/t29-,30+,36-,39-/m1/s1. The number of anilines is 3. The van der Waals surface area contributed by atoms with Gasteiger partial charge in [0.1, 0.15) is 12.2 Å². The van der Waals surface area contributed by atoms with Gasteiger partial charge in [0.15, 0.2) is 29.6 Å². The van der Waals surface area contributed by atoms with E-state index in [1.54, 1.807) is 105 Å². The molecule has 3 heterocycles. The van der Waals surface area contributed by atoms with E-state index in [0.29, 0.717) is 11.4 Å². The molecule has 0 saturated carbocycles. The zero-order chi connectivity index (χ0) is 39.4. The molecule has 4 atom stereocenters. The molecule has 1 aliphatic heterocycles. The normalized spacial score (nSPS) is 19.1. The predicted octanol–water partition coefficient (Wildman–Crippen LogP) is 4.70. The Hall–Kier alpha value is -6.68. The van der Waals surface area contributed by atoms with Crippen LogP contribution < -0.4 is 15.8 Å². The monoisotopic (exact) mass is 750 g/mol. The van der Waals surface area contributed by atoms with E-state index in [1.165, 1.54) is 11.8 Å². The summed E-state index contributed by atoms with van der Waals surface area (Å²) in [4.78, 5) is 92.7. The maximum absolute atomic E-state index is 15.0. The highest BCUT2D eigenvalue weighted by Crippen LogP contribution is 2.43. The van der Waals surface area contributed by atoms with Gasteiger partial charge in [0.05, 0.1) is 5.56 Å². The molecule has 1 fully saturated rings. The number of para-hydroxylation sites is 2. The third-order valence-corrected chi connectivity index (χ3v) is 8.66. The summed E-state index contributed by atoms with van der Waals surface area (Å²) in [6.45, 7) is 6.51. The van der Waals surface area contributed by atoms with Crippen LogP contribution >= 0.6 is 0 Å². The van der Waals surface area contributed by atoms with Crippen molar-refractivity contribution >= 4 is 58.2 Å². The second-order valence-corrected chi connectivity index (χ2v) is 13.2. The first-order chi connectivity index (χ1) is 26.3. The maximum atomic E-state index is 15.0. The van der Waals surface area contributed by atoms with E-state index in [9.17, 15) is 28.8 Å². The lowest BCUT2D eigenvalue weighted by atomic mass is 9.97. The van der Waals surface area contributed by atoms with Crippen LogP contribution in [0.15, 0.2) is 95.8 Å². The van der Waals surface area contributed by atoms with Crippen LogP contribution in [0.3, 0.4) is 0 Å². The Balaban J connectivity index is 1.57. The summed E-state index contributed by atoms with van der Waals surface area (Å²) in [6.07, 6.45) is -4.55. The fourth-order valence-electron chi connectivity index (χ4n) is 6.11. The van der Waals surface area contributed by atoms with Crippen LogP contribution in [0.2, 0.25) is 0 Å². The molecule has 1 saturated heterocycles. The van der Waals surface area contributed by atoms with Crippen LogP contribution in [0.1, 0.15) is 61.8 Å². The topological polar surface area (TPSA) is 201 Å². The zero-order valence-corrected chi connectivity index (χ0v) is 30.5. The quantitative estimate of drug-likeness (QED) is 0.139. The number of H-pyrrole nitrogens is 1. The van der Waals surface area contributed by atoms with Crippen molar-refractivity contribution in [3.8, 4) is 0 Å². The van der Waals surface area contributed by atoms with Gasteiger partial charge in [-0.1, -0.05) is 68.4 Å². The summed E-state index contributed by atoms with van der Waals surface area (Å²) >= 11 is 0. The molecular formula is C39H38N6O10. The second kappa shape index (κ2) is 15.7. The highest BCUT2D eigenvalue weighted by atomic mass is 16.7. The van der Waals surface area contributed by atoms with Crippen molar-refractivity contribution in [1.82, 2.24) is 19.5 Å². The lowest BCUT2D eigenvalue weighted by Gasteiger charge is -2.30. The van der Waals surface area contributed by atoms with Crippen molar-refractivity contribution in [2.45, 2.75) is 58.7 Å². The van der Waals surface area contributed by atoms with Crippen LogP contribution in [-0.2, 0) is 33.3 Å². The van der Waals surface area contributed by atoms with Gasteiger partial charge in [-0.25, -0.2) is 9.78 Å². The molecule has 0 aliphatic carbocycles. The number of benzene rings is 3. The number of imidazole rings is 1. The van der Waals surface area contributed by atoms with E-state index in [1.807, 2.05) is 0 Å². The summed E-state index contributed by atoms with van der Waals surface area (Å²) < 4.78 is 24.9. The Bertz CT molecular complexity index is 2250. The Morgan fingerprint density at radius 1 is 0.873 bits per heavy atom. The lowest BCUT2D eigenvalue weighted by Crippen LogP contribution is -2.48. The highest BCUT2D eigenvalue weighted by Gasteiger charge is 2.59. The average Bonchev–Trinajstić information content (AvgIpc) is 3.66. The number of nitrogens with zero attached hydrogens (tertiary/aromatic N) is 4. The van der Waals surface area contributed by atoms with Crippen molar-refractivity contribution in [1.29, 1.82) is 0 Å². The van der Waals surface area contributed by atoms with Gasteiger partial charge < -0.3 is 18.9 Å². The molecule has 2 aromatic heterocycles. The number of esters is 3. The Kier molecular flexibility index (Phi) is 10.9. The first kappa shape index (κ1) is 38.1. The maximum Gasteiger partial charge on any atom is 0.338 e. The van der Waals surface area contributed by atoms with E-state index in [4.69, 9.17) is 18.9 Å². The fraction of sp³-hybridized carbons (Fsp3) is 0.282. The number of nitrogens with one attached hydrogen (secondary N) is 2. The number of ether oxygens (including phenoxy) is 4. The third-order valence-electron chi connectivity index (χ3n) is 8.66. The van der Waals surface area contributed by atoms with Gasteiger partial charge in [0.2, 0.25) is 17.7 Å². The minimum Gasteiger partial charge on any atom is -0.459 e. The van der Waals surface area contributed by atoms with Crippen LogP contribution in [0.25, 0.3) is 11.2 Å². The van der Waals surface area contributed by atoms with E-state index in [-0.39, 0.29) is 22.7 Å². The van der Waals surface area contributed by atoms with E-state index in [2.05, 4.69) is 20.3 Å². The van der Waals surface area contributed by atoms with E-state index < -0.39 is 77.7 Å². The molecule has 16 heteroatoms. The number of hydrogen-bond acceptors (Lipinski definition) is 12. The van der Waals surface area contributed by atoms with Gasteiger partial charge in [0, 0.05) is 31.1 Å². The largest absolute Gasteiger partial charge is 0.459 e. The van der Waals surface area contributed by atoms with Crippen LogP contribution in [0, 0.1) is 5.92 Å². The molecule has 2 amide bonds. The molecule has 2 N–H and O–H groups in total. The molecule has 5 aromatic rings. The molecule has 0 bridgehead atoms. The highest BCUT2D eigenvalue weighted by molar-refractivity contribution is 6.10. The lowest BCUT2D eigenvalue weighted by molar-refractivity contribution is -0.169. The molecule has 3 aromatic carbocycles. The molecule has 0 radical (unpaired) electrons. The number of aromatic amines is 1. The van der Waals surface area contributed by atoms with Gasteiger partial charge >= 0.3 is 17.9 Å². The number of carbonyl (C=O) groups is 5. The number of amides is 2. The number of carbonyl (C=O) groups excluding carboxylic acids is 5. The van der Waals surface area contributed by atoms with Crippen LogP contribution in [0.4, 0.5) is 17.3 Å². The summed E-state index contributed by atoms with van der Waals surface area (Å²) in [5, 5.41) is 2.55. The number of aromatic nitrogens is 4. The SMILES string of the molecule is CC(=O)O[C@H]1[C@H](n2c(C(=O)N(c3ccccc3)c3ccccc3)nc3c(=O)[nH]c(NC(=O)C(C)C)nc32)O[C@](C)(COC(=O)c2ccccc2)[C@H]1OC(C)=O. The number of fused-ring (bicyclic) bond motifs is 1. The summed E-state index contributed by atoms with van der Waals surface area (Å²) in [6, 6.07) is 25.4.